The quantitative estimate of drug-likeness (QED) is 0.831. The number of carbonyl (C=O) groups is 1. The van der Waals surface area contributed by atoms with Gasteiger partial charge in [-0.3, -0.25) is 0 Å². The maximum absolute atomic E-state index is 10.9. The Morgan fingerprint density at radius 3 is 2.56 bits per heavy atom. The second kappa shape index (κ2) is 4.65. The number of carboxylic acid groups (broad SMARTS) is 1. The minimum absolute atomic E-state index is 0.0654. The molecule has 0 aliphatic heterocycles. The molecule has 0 saturated heterocycles. The van der Waals surface area contributed by atoms with E-state index >= 15 is 0 Å². The number of methoxy groups -OCH3 is 1. The van der Waals surface area contributed by atoms with E-state index in [1.807, 2.05) is 20.8 Å². The standard InChI is InChI=1S/C11H17NO4/c1-5-7-9(10(13)14)16-8(12-7)6-11(2,3)15-4/h5-6H2,1-4H3,(H,13,14). The molecule has 1 rings (SSSR count). The highest BCUT2D eigenvalue weighted by molar-refractivity contribution is 5.85. The van der Waals surface area contributed by atoms with Crippen LogP contribution < -0.4 is 0 Å². The first-order chi connectivity index (χ1) is 7.39. The van der Waals surface area contributed by atoms with Gasteiger partial charge in [-0.05, 0) is 20.3 Å². The fraction of sp³-hybridized carbons (Fsp3) is 0.636. The Balaban J connectivity index is 2.95. The number of rotatable bonds is 5. The van der Waals surface area contributed by atoms with Crippen molar-refractivity contribution in [2.45, 2.75) is 39.2 Å². The molecule has 0 aromatic carbocycles. The van der Waals surface area contributed by atoms with Crippen molar-refractivity contribution in [3.8, 4) is 0 Å². The smallest absolute Gasteiger partial charge is 0.373 e. The van der Waals surface area contributed by atoms with Crippen LogP contribution in [0.25, 0.3) is 0 Å². The summed E-state index contributed by atoms with van der Waals surface area (Å²) in [6.45, 7) is 5.63. The Hall–Kier alpha value is -1.36. The predicted molar refractivity (Wildman–Crippen MR) is 57.6 cm³/mol. The van der Waals surface area contributed by atoms with E-state index in [0.717, 1.165) is 0 Å². The van der Waals surface area contributed by atoms with Crippen LogP contribution in [0.1, 0.15) is 42.9 Å². The van der Waals surface area contributed by atoms with Gasteiger partial charge in [-0.2, -0.15) is 0 Å². The number of aryl methyl sites for hydroxylation is 1. The van der Waals surface area contributed by atoms with E-state index in [1.165, 1.54) is 0 Å². The largest absolute Gasteiger partial charge is 0.475 e. The highest BCUT2D eigenvalue weighted by Crippen LogP contribution is 2.19. The minimum Gasteiger partial charge on any atom is -0.475 e. The summed E-state index contributed by atoms with van der Waals surface area (Å²) in [5, 5.41) is 8.90. The topological polar surface area (TPSA) is 72.6 Å². The predicted octanol–water partition coefficient (Wildman–Crippen LogP) is 1.90. The average molecular weight is 227 g/mol. The van der Waals surface area contributed by atoms with E-state index in [4.69, 9.17) is 14.3 Å². The lowest BCUT2D eigenvalue weighted by molar-refractivity contribution is 0.0176. The van der Waals surface area contributed by atoms with Gasteiger partial charge in [0.1, 0.15) is 0 Å². The monoisotopic (exact) mass is 227 g/mol. The second-order valence-electron chi connectivity index (χ2n) is 4.18. The Morgan fingerprint density at radius 2 is 2.19 bits per heavy atom. The first-order valence-electron chi connectivity index (χ1n) is 5.16. The van der Waals surface area contributed by atoms with E-state index in [-0.39, 0.29) is 5.76 Å². The van der Waals surface area contributed by atoms with Gasteiger partial charge in [-0.1, -0.05) is 6.92 Å². The van der Waals surface area contributed by atoms with Crippen molar-refractivity contribution in [3.05, 3.63) is 17.3 Å². The van der Waals surface area contributed by atoms with Crippen LogP contribution in [0.3, 0.4) is 0 Å². The number of hydrogen-bond acceptors (Lipinski definition) is 4. The van der Waals surface area contributed by atoms with Gasteiger partial charge in [0.25, 0.3) is 0 Å². The molecule has 1 aromatic heterocycles. The van der Waals surface area contributed by atoms with E-state index in [1.54, 1.807) is 7.11 Å². The van der Waals surface area contributed by atoms with Crippen molar-refractivity contribution in [2.75, 3.05) is 7.11 Å². The number of ether oxygens (including phenoxy) is 1. The van der Waals surface area contributed by atoms with Gasteiger partial charge in [-0.15, -0.1) is 0 Å². The number of aromatic nitrogens is 1. The molecular weight excluding hydrogens is 210 g/mol. The molecular formula is C11H17NO4. The Kier molecular flexibility index (Phi) is 3.70. The van der Waals surface area contributed by atoms with E-state index in [2.05, 4.69) is 4.98 Å². The van der Waals surface area contributed by atoms with E-state index in [0.29, 0.717) is 24.4 Å². The van der Waals surface area contributed by atoms with Gasteiger partial charge in [0.05, 0.1) is 17.7 Å². The van der Waals surface area contributed by atoms with Crippen LogP contribution in [-0.4, -0.2) is 28.8 Å². The Bertz CT molecular complexity index is 381. The first-order valence-corrected chi connectivity index (χ1v) is 5.16. The van der Waals surface area contributed by atoms with Crippen LogP contribution >= 0.6 is 0 Å². The Labute approximate surface area is 94.4 Å². The van der Waals surface area contributed by atoms with Crippen molar-refractivity contribution in [2.24, 2.45) is 0 Å². The zero-order chi connectivity index (χ0) is 12.3. The third kappa shape index (κ3) is 2.82. The summed E-state index contributed by atoms with van der Waals surface area (Å²) in [7, 11) is 1.60. The van der Waals surface area contributed by atoms with Gasteiger partial charge >= 0.3 is 5.97 Å². The molecule has 90 valence electrons. The molecule has 1 aromatic rings. The van der Waals surface area contributed by atoms with Gasteiger partial charge in [0.15, 0.2) is 5.89 Å². The molecule has 5 heteroatoms. The number of nitrogens with zero attached hydrogens (tertiary/aromatic N) is 1. The third-order valence-electron chi connectivity index (χ3n) is 2.40. The van der Waals surface area contributed by atoms with Crippen molar-refractivity contribution in [1.29, 1.82) is 0 Å². The van der Waals surface area contributed by atoms with Crippen molar-refractivity contribution < 1.29 is 19.1 Å². The molecule has 0 unspecified atom stereocenters. The summed E-state index contributed by atoms with van der Waals surface area (Å²) >= 11 is 0. The van der Waals surface area contributed by atoms with E-state index < -0.39 is 11.6 Å². The van der Waals surface area contributed by atoms with Crippen molar-refractivity contribution >= 4 is 5.97 Å². The molecule has 0 radical (unpaired) electrons. The highest BCUT2D eigenvalue weighted by Gasteiger charge is 2.24. The molecule has 0 aliphatic carbocycles. The third-order valence-corrected chi connectivity index (χ3v) is 2.40. The lowest BCUT2D eigenvalue weighted by Crippen LogP contribution is -2.25. The molecule has 1 N–H and O–H groups in total. The van der Waals surface area contributed by atoms with Crippen LogP contribution in [0.2, 0.25) is 0 Å². The average Bonchev–Trinajstić information content (AvgIpc) is 2.60. The zero-order valence-electron chi connectivity index (χ0n) is 10.0. The second-order valence-corrected chi connectivity index (χ2v) is 4.18. The molecule has 0 bridgehead atoms. The maximum Gasteiger partial charge on any atom is 0.373 e. The van der Waals surface area contributed by atoms with Crippen LogP contribution in [0, 0.1) is 0 Å². The van der Waals surface area contributed by atoms with Gasteiger partial charge in [0.2, 0.25) is 5.76 Å². The summed E-state index contributed by atoms with van der Waals surface area (Å²) in [4.78, 5) is 15.0. The first kappa shape index (κ1) is 12.7. The van der Waals surface area contributed by atoms with Crippen LogP contribution in [0.15, 0.2) is 4.42 Å². The summed E-state index contributed by atoms with van der Waals surface area (Å²) in [5.74, 6) is -0.740. The molecule has 0 fully saturated rings. The fourth-order valence-electron chi connectivity index (χ4n) is 1.32. The summed E-state index contributed by atoms with van der Waals surface area (Å²) < 4.78 is 10.5. The van der Waals surface area contributed by atoms with Gasteiger partial charge in [-0.25, -0.2) is 9.78 Å². The number of aromatic carboxylic acids is 1. The molecule has 5 nitrogen and oxygen atoms in total. The molecule has 0 amide bonds. The zero-order valence-corrected chi connectivity index (χ0v) is 10.0. The molecule has 1 heterocycles. The Morgan fingerprint density at radius 1 is 1.56 bits per heavy atom. The summed E-state index contributed by atoms with van der Waals surface area (Å²) in [6, 6.07) is 0. The van der Waals surface area contributed by atoms with Crippen LogP contribution in [0.5, 0.6) is 0 Å². The lowest BCUT2D eigenvalue weighted by atomic mass is 10.1. The molecule has 0 aliphatic rings. The normalized spacial score (nSPS) is 11.8. The highest BCUT2D eigenvalue weighted by atomic mass is 16.5. The van der Waals surface area contributed by atoms with Gasteiger partial charge < -0.3 is 14.3 Å². The van der Waals surface area contributed by atoms with Crippen molar-refractivity contribution in [1.82, 2.24) is 4.98 Å². The van der Waals surface area contributed by atoms with Crippen LogP contribution in [-0.2, 0) is 17.6 Å². The van der Waals surface area contributed by atoms with Gasteiger partial charge in [0, 0.05) is 7.11 Å². The molecule has 0 saturated carbocycles. The number of oxazole rings is 1. The van der Waals surface area contributed by atoms with Crippen LogP contribution in [0.4, 0.5) is 0 Å². The fourth-order valence-corrected chi connectivity index (χ4v) is 1.32. The minimum atomic E-state index is -1.08. The maximum atomic E-state index is 10.9. The number of hydrogen-bond donors (Lipinski definition) is 1. The SMILES string of the molecule is CCc1nc(CC(C)(C)OC)oc1C(=O)O. The summed E-state index contributed by atoms with van der Waals surface area (Å²) in [6.07, 6.45) is 0.988. The number of carboxylic acids is 1. The molecule has 0 atom stereocenters. The molecule has 0 spiro atoms. The lowest BCUT2D eigenvalue weighted by Gasteiger charge is -2.20. The van der Waals surface area contributed by atoms with E-state index in [9.17, 15) is 4.79 Å². The molecule has 16 heavy (non-hydrogen) atoms. The summed E-state index contributed by atoms with van der Waals surface area (Å²) in [5.41, 5.74) is 0.0699. The van der Waals surface area contributed by atoms with Crippen molar-refractivity contribution in [3.63, 3.8) is 0 Å².